The average molecular weight is 344 g/mol. The minimum Gasteiger partial charge on any atom is -0.493 e. The number of alkyl halides is 2. The molecule has 122 valence electrons. The molecule has 0 aliphatic rings. The summed E-state index contributed by atoms with van der Waals surface area (Å²) in [7, 11) is 1.30. The molecule has 1 heterocycles. The number of pyridine rings is 1. The van der Waals surface area contributed by atoms with Gasteiger partial charge in [-0.3, -0.25) is 0 Å². The first kappa shape index (κ1) is 17.0. The number of esters is 1. The zero-order chi connectivity index (χ0) is 16.8. The lowest BCUT2D eigenvalue weighted by Gasteiger charge is -2.11. The quantitative estimate of drug-likeness (QED) is 0.591. The van der Waals surface area contributed by atoms with E-state index in [0.29, 0.717) is 10.7 Å². The van der Waals surface area contributed by atoms with E-state index in [-0.39, 0.29) is 23.7 Å². The Morgan fingerprint density at radius 2 is 2.04 bits per heavy atom. The predicted molar refractivity (Wildman–Crippen MR) is 78.0 cm³/mol. The summed E-state index contributed by atoms with van der Waals surface area (Å²) < 4.78 is 39.0. The van der Waals surface area contributed by atoms with Crippen molar-refractivity contribution >= 4 is 17.6 Å². The monoisotopic (exact) mass is 343 g/mol. The highest BCUT2D eigenvalue weighted by Crippen LogP contribution is 2.29. The van der Waals surface area contributed by atoms with Crippen LogP contribution < -0.4 is 9.47 Å². The van der Waals surface area contributed by atoms with Crippen molar-refractivity contribution in [1.29, 1.82) is 0 Å². The van der Waals surface area contributed by atoms with Crippen molar-refractivity contribution in [1.82, 2.24) is 4.98 Å². The number of halogens is 3. The summed E-state index contributed by atoms with van der Waals surface area (Å²) >= 11 is 5.65. The van der Waals surface area contributed by atoms with Crippen LogP contribution >= 0.6 is 11.6 Å². The van der Waals surface area contributed by atoms with Crippen LogP contribution in [-0.2, 0) is 11.3 Å². The molecular weight excluding hydrogens is 332 g/mol. The Balaban J connectivity index is 2.07. The van der Waals surface area contributed by atoms with Crippen molar-refractivity contribution in [2.24, 2.45) is 0 Å². The lowest BCUT2D eigenvalue weighted by Crippen LogP contribution is -2.08. The van der Waals surface area contributed by atoms with Gasteiger partial charge in [-0.05, 0) is 24.3 Å². The maximum atomic E-state index is 12.4. The summed E-state index contributed by atoms with van der Waals surface area (Å²) in [5, 5.41) is 0.323. The fourth-order valence-corrected chi connectivity index (χ4v) is 1.83. The molecule has 0 N–H and O–H groups in total. The number of ether oxygens (including phenoxy) is 3. The summed E-state index contributed by atoms with van der Waals surface area (Å²) in [5.74, 6) is -0.851. The number of carbonyl (C=O) groups excluding carboxylic acids is 1. The normalized spacial score (nSPS) is 10.5. The van der Waals surface area contributed by atoms with Crippen LogP contribution in [0, 0.1) is 0 Å². The lowest BCUT2D eigenvalue weighted by molar-refractivity contribution is -0.0513. The van der Waals surface area contributed by atoms with Crippen LogP contribution in [0.25, 0.3) is 0 Å². The number of methoxy groups -OCH3 is 1. The molecule has 0 saturated heterocycles. The molecule has 0 radical (unpaired) electrons. The van der Waals surface area contributed by atoms with Gasteiger partial charge in [0.2, 0.25) is 0 Å². The van der Waals surface area contributed by atoms with Gasteiger partial charge in [0.05, 0.1) is 12.7 Å². The highest BCUT2D eigenvalue weighted by molar-refractivity contribution is 6.29. The molecule has 1 aromatic carbocycles. The Morgan fingerprint density at radius 1 is 1.26 bits per heavy atom. The van der Waals surface area contributed by atoms with Crippen LogP contribution in [0.1, 0.15) is 15.9 Å². The van der Waals surface area contributed by atoms with Gasteiger partial charge < -0.3 is 14.2 Å². The van der Waals surface area contributed by atoms with Gasteiger partial charge in [-0.15, -0.1) is 0 Å². The van der Waals surface area contributed by atoms with Crippen LogP contribution in [0.5, 0.6) is 11.5 Å². The fraction of sp³-hybridized carbons (Fsp3) is 0.200. The standard InChI is InChI=1S/C15H12ClF2NO4/c1-21-11-4-3-10(6-12(11)23-15(17)18)14(20)22-8-9-2-5-13(16)19-7-9/h2-7,15H,8H2,1H3. The minimum absolute atomic E-state index is 0.0277. The molecule has 0 spiro atoms. The molecule has 0 unspecified atom stereocenters. The van der Waals surface area contributed by atoms with Crippen molar-refractivity contribution in [3.8, 4) is 11.5 Å². The fourth-order valence-electron chi connectivity index (χ4n) is 1.72. The molecule has 8 heteroatoms. The third-order valence-corrected chi connectivity index (χ3v) is 3.00. The summed E-state index contributed by atoms with van der Waals surface area (Å²) in [5.41, 5.74) is 0.698. The number of carbonyl (C=O) groups is 1. The van der Waals surface area contributed by atoms with Crippen molar-refractivity contribution in [3.63, 3.8) is 0 Å². The van der Waals surface area contributed by atoms with Crippen LogP contribution in [-0.4, -0.2) is 24.7 Å². The molecule has 1 aromatic heterocycles. The van der Waals surface area contributed by atoms with Gasteiger partial charge in [0.1, 0.15) is 11.8 Å². The van der Waals surface area contributed by atoms with E-state index in [1.165, 1.54) is 25.4 Å². The number of hydrogen-bond acceptors (Lipinski definition) is 5. The lowest BCUT2D eigenvalue weighted by atomic mass is 10.2. The molecule has 0 bridgehead atoms. The first-order chi connectivity index (χ1) is 11.0. The predicted octanol–water partition coefficient (Wildman–Crippen LogP) is 3.70. The van der Waals surface area contributed by atoms with Gasteiger partial charge in [-0.25, -0.2) is 9.78 Å². The van der Waals surface area contributed by atoms with Crippen LogP contribution in [0.4, 0.5) is 8.78 Å². The van der Waals surface area contributed by atoms with E-state index < -0.39 is 12.6 Å². The van der Waals surface area contributed by atoms with Gasteiger partial charge in [-0.1, -0.05) is 17.7 Å². The van der Waals surface area contributed by atoms with Crippen molar-refractivity contribution in [2.75, 3.05) is 7.11 Å². The second kappa shape index (κ2) is 7.73. The first-order valence-electron chi connectivity index (χ1n) is 6.40. The van der Waals surface area contributed by atoms with E-state index in [2.05, 4.69) is 9.72 Å². The summed E-state index contributed by atoms with van der Waals surface area (Å²) in [6, 6.07) is 7.08. The Kier molecular flexibility index (Phi) is 5.70. The summed E-state index contributed by atoms with van der Waals surface area (Å²) in [6.45, 7) is -3.06. The maximum Gasteiger partial charge on any atom is 0.387 e. The largest absolute Gasteiger partial charge is 0.493 e. The number of benzene rings is 1. The number of nitrogens with zero attached hydrogens (tertiary/aromatic N) is 1. The Hall–Kier alpha value is -2.41. The van der Waals surface area contributed by atoms with E-state index in [4.69, 9.17) is 21.1 Å². The van der Waals surface area contributed by atoms with E-state index >= 15 is 0 Å². The summed E-state index contributed by atoms with van der Waals surface area (Å²) in [4.78, 5) is 15.8. The van der Waals surface area contributed by atoms with E-state index in [1.807, 2.05) is 0 Å². The molecule has 0 aliphatic heterocycles. The van der Waals surface area contributed by atoms with Crippen LogP contribution in [0.2, 0.25) is 5.15 Å². The van der Waals surface area contributed by atoms with E-state index in [9.17, 15) is 13.6 Å². The Bertz CT molecular complexity index is 680. The number of aromatic nitrogens is 1. The van der Waals surface area contributed by atoms with Crippen molar-refractivity contribution in [2.45, 2.75) is 13.2 Å². The third kappa shape index (κ3) is 4.79. The molecule has 0 saturated carbocycles. The zero-order valence-corrected chi connectivity index (χ0v) is 12.7. The molecule has 2 aromatic rings. The molecule has 5 nitrogen and oxygen atoms in total. The number of hydrogen-bond donors (Lipinski definition) is 0. The average Bonchev–Trinajstić information content (AvgIpc) is 2.53. The highest BCUT2D eigenvalue weighted by Gasteiger charge is 2.15. The molecule has 23 heavy (non-hydrogen) atoms. The first-order valence-corrected chi connectivity index (χ1v) is 6.78. The van der Waals surface area contributed by atoms with E-state index in [1.54, 1.807) is 12.1 Å². The number of rotatable bonds is 6. The maximum absolute atomic E-state index is 12.4. The Morgan fingerprint density at radius 3 is 2.65 bits per heavy atom. The molecular formula is C15H12ClF2NO4. The minimum atomic E-state index is -3.03. The summed E-state index contributed by atoms with van der Waals surface area (Å²) in [6.07, 6.45) is 1.47. The van der Waals surface area contributed by atoms with Crippen LogP contribution in [0.15, 0.2) is 36.5 Å². The van der Waals surface area contributed by atoms with Crippen molar-refractivity contribution in [3.05, 3.63) is 52.8 Å². The van der Waals surface area contributed by atoms with Crippen molar-refractivity contribution < 1.29 is 27.8 Å². The molecule has 0 atom stereocenters. The second-order valence-corrected chi connectivity index (χ2v) is 4.70. The van der Waals surface area contributed by atoms with Gasteiger partial charge in [0.15, 0.2) is 11.5 Å². The van der Waals surface area contributed by atoms with Crippen LogP contribution in [0.3, 0.4) is 0 Å². The molecule has 0 aliphatic carbocycles. The second-order valence-electron chi connectivity index (χ2n) is 4.31. The molecule has 2 rings (SSSR count). The van der Waals surface area contributed by atoms with Gasteiger partial charge in [0.25, 0.3) is 0 Å². The smallest absolute Gasteiger partial charge is 0.387 e. The third-order valence-electron chi connectivity index (χ3n) is 2.77. The Labute approximate surface area is 135 Å². The van der Waals surface area contributed by atoms with E-state index in [0.717, 1.165) is 6.07 Å². The van der Waals surface area contributed by atoms with Gasteiger partial charge >= 0.3 is 12.6 Å². The van der Waals surface area contributed by atoms with Gasteiger partial charge in [0, 0.05) is 11.8 Å². The SMILES string of the molecule is COc1ccc(C(=O)OCc2ccc(Cl)nc2)cc1OC(F)F. The zero-order valence-electron chi connectivity index (χ0n) is 12.0. The topological polar surface area (TPSA) is 57.7 Å². The molecule has 0 fully saturated rings. The van der Waals surface area contributed by atoms with Gasteiger partial charge in [-0.2, -0.15) is 8.78 Å². The molecule has 0 amide bonds. The highest BCUT2D eigenvalue weighted by atomic mass is 35.5.